The van der Waals surface area contributed by atoms with Crippen LogP contribution in [-0.4, -0.2) is 70.6 Å². The summed E-state index contributed by atoms with van der Waals surface area (Å²) >= 11 is 0. The molecular weight excluding hydrogens is 232 g/mol. The Labute approximate surface area is 100.0 Å². The molecule has 0 aliphatic rings. The summed E-state index contributed by atoms with van der Waals surface area (Å²) < 4.78 is 18.5. The van der Waals surface area contributed by atoms with Crippen molar-refractivity contribution in [2.45, 2.75) is 0 Å². The van der Waals surface area contributed by atoms with Crippen LogP contribution in [0, 0.1) is 0 Å². The minimum Gasteiger partial charge on any atom is -0.422 e. The van der Waals surface area contributed by atoms with Gasteiger partial charge < -0.3 is 18.9 Å². The third-order valence-corrected chi connectivity index (χ3v) is 1.65. The Morgan fingerprint density at radius 3 is 1.53 bits per heavy atom. The van der Waals surface area contributed by atoms with Crippen LogP contribution in [-0.2, 0) is 18.9 Å². The predicted molar refractivity (Wildman–Crippen MR) is 57.1 cm³/mol. The van der Waals surface area contributed by atoms with Crippen LogP contribution in [0.15, 0.2) is 0 Å². The Kier molecular flexibility index (Phi) is 7.82. The average molecular weight is 250 g/mol. The summed E-state index contributed by atoms with van der Waals surface area (Å²) in [5.41, 5.74) is 0. The van der Waals surface area contributed by atoms with Crippen molar-refractivity contribution in [3.05, 3.63) is 0 Å². The van der Waals surface area contributed by atoms with Crippen LogP contribution in [0.2, 0.25) is 0 Å². The molecule has 0 aromatic rings. The molecule has 8 heteroatoms. The molecule has 0 bridgehead atoms. The van der Waals surface area contributed by atoms with Crippen LogP contribution in [0.4, 0.5) is 9.59 Å². The minimum absolute atomic E-state index is 0.0328. The fourth-order valence-corrected chi connectivity index (χ4v) is 0.873. The van der Waals surface area contributed by atoms with Crippen molar-refractivity contribution in [3.63, 3.8) is 0 Å². The van der Waals surface area contributed by atoms with Crippen LogP contribution >= 0.6 is 0 Å². The van der Waals surface area contributed by atoms with E-state index < -0.39 is 12.2 Å². The molecular formula is C9H18N2O6. The lowest BCUT2D eigenvalue weighted by atomic mass is 10.7. The van der Waals surface area contributed by atoms with Crippen molar-refractivity contribution in [1.82, 2.24) is 9.80 Å². The van der Waals surface area contributed by atoms with Crippen molar-refractivity contribution in [1.29, 1.82) is 0 Å². The maximum absolute atomic E-state index is 11.3. The Bertz CT molecular complexity index is 224. The summed E-state index contributed by atoms with van der Waals surface area (Å²) in [7, 11) is 5.78. The van der Waals surface area contributed by atoms with E-state index in [-0.39, 0.29) is 20.3 Å². The highest BCUT2D eigenvalue weighted by Crippen LogP contribution is 1.96. The van der Waals surface area contributed by atoms with Gasteiger partial charge in [-0.2, -0.15) is 0 Å². The van der Waals surface area contributed by atoms with Gasteiger partial charge in [0.25, 0.3) is 0 Å². The van der Waals surface area contributed by atoms with E-state index in [1.54, 1.807) is 0 Å². The van der Waals surface area contributed by atoms with Gasteiger partial charge in [0.2, 0.25) is 0 Å². The highest BCUT2D eigenvalue weighted by molar-refractivity contribution is 5.70. The number of amides is 2. The standard InChI is InChI=1S/C9H18N2O6/c1-10(8(12)16-6-14-3)5-11(2)9(13)17-7-15-4/h5-7H2,1-4H3. The molecule has 100 valence electrons. The van der Waals surface area contributed by atoms with Gasteiger partial charge in [-0.3, -0.25) is 9.80 Å². The van der Waals surface area contributed by atoms with Gasteiger partial charge in [-0.15, -0.1) is 0 Å². The molecule has 8 nitrogen and oxygen atoms in total. The zero-order valence-corrected chi connectivity index (χ0v) is 10.5. The SMILES string of the molecule is COCOC(=O)N(C)CN(C)C(=O)OCOC. The van der Waals surface area contributed by atoms with Crippen LogP contribution in [0.5, 0.6) is 0 Å². The zero-order chi connectivity index (χ0) is 13.3. The van der Waals surface area contributed by atoms with Gasteiger partial charge in [-0.1, -0.05) is 0 Å². The second kappa shape index (κ2) is 8.59. The second-order valence-corrected chi connectivity index (χ2v) is 3.17. The Balaban J connectivity index is 3.96. The van der Waals surface area contributed by atoms with E-state index in [0.717, 1.165) is 0 Å². The second-order valence-electron chi connectivity index (χ2n) is 3.17. The van der Waals surface area contributed by atoms with Crippen molar-refractivity contribution in [3.8, 4) is 0 Å². The average Bonchev–Trinajstić information content (AvgIpc) is 2.32. The molecule has 2 amide bonds. The van der Waals surface area contributed by atoms with Crippen LogP contribution in [0.1, 0.15) is 0 Å². The fourth-order valence-electron chi connectivity index (χ4n) is 0.873. The summed E-state index contributed by atoms with van der Waals surface area (Å²) in [5, 5.41) is 0. The molecule has 0 saturated heterocycles. The maximum Gasteiger partial charge on any atom is 0.413 e. The van der Waals surface area contributed by atoms with Crippen molar-refractivity contribution < 1.29 is 28.5 Å². The molecule has 0 N–H and O–H groups in total. The molecule has 0 aliphatic heterocycles. The first kappa shape index (κ1) is 15.5. The van der Waals surface area contributed by atoms with E-state index in [1.807, 2.05) is 0 Å². The maximum atomic E-state index is 11.3. The number of nitrogens with zero attached hydrogens (tertiary/aromatic N) is 2. The molecule has 0 saturated carbocycles. The molecule has 0 aromatic heterocycles. The number of rotatable bonds is 6. The van der Waals surface area contributed by atoms with Gasteiger partial charge in [0, 0.05) is 28.3 Å². The quantitative estimate of drug-likeness (QED) is 0.630. The summed E-state index contributed by atoms with van der Waals surface area (Å²) in [4.78, 5) is 25.0. The Hall–Kier alpha value is -1.54. The first-order valence-electron chi connectivity index (χ1n) is 4.76. The number of methoxy groups -OCH3 is 2. The Morgan fingerprint density at radius 2 is 1.24 bits per heavy atom. The molecule has 0 spiro atoms. The third-order valence-electron chi connectivity index (χ3n) is 1.65. The monoisotopic (exact) mass is 250 g/mol. The summed E-state index contributed by atoms with van der Waals surface area (Å²) in [6.45, 7) is -0.243. The van der Waals surface area contributed by atoms with Gasteiger partial charge in [0.15, 0.2) is 13.6 Å². The van der Waals surface area contributed by atoms with Crippen LogP contribution < -0.4 is 0 Å². The lowest BCUT2D eigenvalue weighted by Crippen LogP contribution is -2.40. The van der Waals surface area contributed by atoms with E-state index in [1.165, 1.54) is 38.1 Å². The van der Waals surface area contributed by atoms with Crippen molar-refractivity contribution in [2.24, 2.45) is 0 Å². The summed E-state index contributed by atoms with van der Waals surface area (Å²) in [6.07, 6.45) is -1.20. The van der Waals surface area contributed by atoms with Gasteiger partial charge in [-0.05, 0) is 0 Å². The smallest absolute Gasteiger partial charge is 0.413 e. The van der Waals surface area contributed by atoms with Gasteiger partial charge >= 0.3 is 12.2 Å². The molecule has 0 heterocycles. The molecule has 17 heavy (non-hydrogen) atoms. The number of hydrogen-bond acceptors (Lipinski definition) is 6. The lowest BCUT2D eigenvalue weighted by Gasteiger charge is -2.23. The summed E-state index contributed by atoms with van der Waals surface area (Å²) in [6, 6.07) is 0. The molecule has 0 aliphatic carbocycles. The highest BCUT2D eigenvalue weighted by atomic mass is 16.7. The van der Waals surface area contributed by atoms with E-state index in [9.17, 15) is 9.59 Å². The highest BCUT2D eigenvalue weighted by Gasteiger charge is 2.16. The zero-order valence-electron chi connectivity index (χ0n) is 10.5. The van der Waals surface area contributed by atoms with Gasteiger partial charge in [0.1, 0.15) is 6.67 Å². The molecule has 0 radical (unpaired) electrons. The first-order valence-corrected chi connectivity index (χ1v) is 4.76. The topological polar surface area (TPSA) is 77.5 Å². The molecule has 0 rings (SSSR count). The van der Waals surface area contributed by atoms with Gasteiger partial charge in [-0.25, -0.2) is 9.59 Å². The molecule has 0 aromatic carbocycles. The van der Waals surface area contributed by atoms with E-state index >= 15 is 0 Å². The number of carbonyl (C=O) groups excluding carboxylic acids is 2. The fraction of sp³-hybridized carbons (Fsp3) is 0.778. The van der Waals surface area contributed by atoms with E-state index in [0.29, 0.717) is 0 Å². The van der Waals surface area contributed by atoms with Crippen LogP contribution in [0.3, 0.4) is 0 Å². The molecule has 0 unspecified atom stereocenters. The normalized spacial score (nSPS) is 9.65. The van der Waals surface area contributed by atoms with Crippen LogP contribution in [0.25, 0.3) is 0 Å². The van der Waals surface area contributed by atoms with Crippen molar-refractivity contribution >= 4 is 12.2 Å². The number of ether oxygens (including phenoxy) is 4. The lowest BCUT2D eigenvalue weighted by molar-refractivity contribution is -0.0160. The predicted octanol–water partition coefficient (Wildman–Crippen LogP) is 0.288. The number of hydrogen-bond donors (Lipinski definition) is 0. The van der Waals surface area contributed by atoms with Crippen molar-refractivity contribution in [2.75, 3.05) is 48.6 Å². The van der Waals surface area contributed by atoms with E-state index in [4.69, 9.17) is 0 Å². The minimum atomic E-state index is -0.599. The number of carbonyl (C=O) groups is 2. The molecule has 0 atom stereocenters. The van der Waals surface area contributed by atoms with Gasteiger partial charge in [0.05, 0.1) is 0 Å². The van der Waals surface area contributed by atoms with E-state index in [2.05, 4.69) is 18.9 Å². The first-order chi connectivity index (χ1) is 8.02. The largest absolute Gasteiger partial charge is 0.422 e. The summed E-state index contributed by atoms with van der Waals surface area (Å²) in [5.74, 6) is 0. The Morgan fingerprint density at radius 1 is 0.882 bits per heavy atom. The molecule has 0 fully saturated rings. The third kappa shape index (κ3) is 6.59.